The van der Waals surface area contributed by atoms with E-state index in [9.17, 15) is 0 Å². The lowest BCUT2D eigenvalue weighted by atomic mass is 9.95. The number of hydrogen-bond donors (Lipinski definition) is 0. The van der Waals surface area contributed by atoms with E-state index in [4.69, 9.17) is 0 Å². The standard InChI is InChI=1S/C37H28N2/c1-25-14-23-33-32-10-4-7-13-36(32)39(37(33)24-25)29-21-17-27(18-22-29)26-15-19-28(20-16-26)38-34-11-5-2-8-30(34)31-9-3-6-12-35(31)38/h2-23,25H,24H2,1H3. The Balaban J connectivity index is 1.18. The minimum Gasteiger partial charge on any atom is -0.313 e. The number of hydrogen-bond acceptors (Lipinski definition) is 0. The Kier molecular flexibility index (Phi) is 4.90. The van der Waals surface area contributed by atoms with Gasteiger partial charge in [0.05, 0.1) is 16.6 Å². The van der Waals surface area contributed by atoms with Gasteiger partial charge in [-0.1, -0.05) is 97.9 Å². The first-order valence-corrected chi connectivity index (χ1v) is 13.8. The van der Waals surface area contributed by atoms with Crippen molar-refractivity contribution in [2.75, 3.05) is 0 Å². The molecule has 0 bridgehead atoms. The van der Waals surface area contributed by atoms with Gasteiger partial charge in [0.2, 0.25) is 0 Å². The highest BCUT2D eigenvalue weighted by Gasteiger charge is 2.20. The smallest absolute Gasteiger partial charge is 0.0541 e. The maximum Gasteiger partial charge on any atom is 0.0541 e. The summed E-state index contributed by atoms with van der Waals surface area (Å²) >= 11 is 0. The van der Waals surface area contributed by atoms with Gasteiger partial charge in [-0.2, -0.15) is 0 Å². The lowest BCUT2D eigenvalue weighted by molar-refractivity contribution is 0.690. The monoisotopic (exact) mass is 500 g/mol. The highest BCUT2D eigenvalue weighted by molar-refractivity contribution is 6.09. The van der Waals surface area contributed by atoms with Crippen molar-refractivity contribution >= 4 is 38.8 Å². The van der Waals surface area contributed by atoms with Gasteiger partial charge in [0.1, 0.15) is 0 Å². The van der Waals surface area contributed by atoms with E-state index in [0.717, 1.165) is 6.42 Å². The van der Waals surface area contributed by atoms with Gasteiger partial charge >= 0.3 is 0 Å². The lowest BCUT2D eigenvalue weighted by Crippen LogP contribution is -2.08. The van der Waals surface area contributed by atoms with Gasteiger partial charge in [-0.3, -0.25) is 0 Å². The molecule has 1 atom stereocenters. The van der Waals surface area contributed by atoms with E-state index in [-0.39, 0.29) is 0 Å². The molecular weight excluding hydrogens is 472 g/mol. The Morgan fingerprint density at radius 3 is 1.54 bits per heavy atom. The van der Waals surface area contributed by atoms with Gasteiger partial charge in [0.15, 0.2) is 0 Å². The summed E-state index contributed by atoms with van der Waals surface area (Å²) in [6, 6.07) is 44.1. The third-order valence-electron chi connectivity index (χ3n) is 8.29. The number of fused-ring (bicyclic) bond motifs is 6. The molecule has 186 valence electrons. The van der Waals surface area contributed by atoms with Crippen LogP contribution in [0.5, 0.6) is 0 Å². The Hall–Kier alpha value is -4.82. The van der Waals surface area contributed by atoms with Crippen LogP contribution in [0.1, 0.15) is 18.2 Å². The molecule has 5 aromatic carbocycles. The first kappa shape index (κ1) is 22.2. The molecule has 39 heavy (non-hydrogen) atoms. The molecule has 1 aliphatic rings. The number of benzene rings is 5. The summed E-state index contributed by atoms with van der Waals surface area (Å²) in [7, 11) is 0. The fourth-order valence-electron chi connectivity index (χ4n) is 6.44. The highest BCUT2D eigenvalue weighted by atomic mass is 15.0. The zero-order chi connectivity index (χ0) is 25.9. The van der Waals surface area contributed by atoms with Gasteiger partial charge in [-0.15, -0.1) is 0 Å². The quantitative estimate of drug-likeness (QED) is 0.229. The average Bonchev–Trinajstić information content (AvgIpc) is 3.50. The molecule has 1 unspecified atom stereocenters. The van der Waals surface area contributed by atoms with Crippen molar-refractivity contribution in [3.05, 3.63) is 139 Å². The molecule has 1 aliphatic carbocycles. The van der Waals surface area contributed by atoms with Gasteiger partial charge < -0.3 is 9.13 Å². The SMILES string of the molecule is CC1C=Cc2c(n(-c3ccc(-c4ccc(-n5c6ccccc6c6ccccc65)cc4)cc3)c3ccccc23)C1. The summed E-state index contributed by atoms with van der Waals surface area (Å²) < 4.78 is 4.83. The fourth-order valence-corrected chi connectivity index (χ4v) is 6.44. The van der Waals surface area contributed by atoms with Crippen molar-refractivity contribution in [3.63, 3.8) is 0 Å². The Bertz CT molecular complexity index is 1980. The molecule has 2 heterocycles. The second-order valence-corrected chi connectivity index (χ2v) is 10.7. The van der Waals surface area contributed by atoms with Gasteiger partial charge in [-0.05, 0) is 65.9 Å². The number of rotatable bonds is 3. The molecule has 0 fully saturated rings. The molecule has 0 amide bonds. The summed E-state index contributed by atoms with van der Waals surface area (Å²) in [5.74, 6) is 0.549. The largest absolute Gasteiger partial charge is 0.313 e. The zero-order valence-corrected chi connectivity index (χ0v) is 21.9. The Morgan fingerprint density at radius 1 is 0.513 bits per heavy atom. The molecule has 2 nitrogen and oxygen atoms in total. The van der Waals surface area contributed by atoms with Crippen LogP contribution in [0.2, 0.25) is 0 Å². The van der Waals surface area contributed by atoms with Gasteiger partial charge in [0.25, 0.3) is 0 Å². The molecule has 0 N–H and O–H groups in total. The van der Waals surface area contributed by atoms with Crippen LogP contribution < -0.4 is 0 Å². The molecule has 2 heteroatoms. The first-order valence-electron chi connectivity index (χ1n) is 13.8. The predicted octanol–water partition coefficient (Wildman–Crippen LogP) is 9.60. The maximum absolute atomic E-state index is 2.46. The summed E-state index contributed by atoms with van der Waals surface area (Å²) in [5.41, 5.74) is 11.4. The highest BCUT2D eigenvalue weighted by Crippen LogP contribution is 2.36. The maximum atomic E-state index is 2.46. The topological polar surface area (TPSA) is 9.86 Å². The zero-order valence-electron chi connectivity index (χ0n) is 21.9. The normalized spacial score (nSPS) is 14.8. The van der Waals surface area contributed by atoms with Crippen LogP contribution in [-0.4, -0.2) is 9.13 Å². The van der Waals surface area contributed by atoms with Gasteiger partial charge in [-0.25, -0.2) is 0 Å². The van der Waals surface area contributed by atoms with E-state index in [1.165, 1.54) is 66.5 Å². The Morgan fingerprint density at radius 2 is 0.974 bits per heavy atom. The lowest BCUT2D eigenvalue weighted by Gasteiger charge is -2.17. The van der Waals surface area contributed by atoms with Crippen LogP contribution in [0.15, 0.2) is 127 Å². The molecule has 0 spiro atoms. The second kappa shape index (κ2) is 8.61. The number of allylic oxidation sites excluding steroid dienone is 1. The van der Waals surface area contributed by atoms with Crippen molar-refractivity contribution in [1.29, 1.82) is 0 Å². The molecule has 0 aliphatic heterocycles. The van der Waals surface area contributed by atoms with E-state index in [1.807, 2.05) is 0 Å². The van der Waals surface area contributed by atoms with E-state index in [1.54, 1.807) is 0 Å². The third kappa shape index (κ3) is 3.42. The fraction of sp³-hybridized carbons (Fsp3) is 0.0811. The number of nitrogens with zero attached hydrogens (tertiary/aromatic N) is 2. The van der Waals surface area contributed by atoms with Crippen molar-refractivity contribution < 1.29 is 0 Å². The van der Waals surface area contributed by atoms with Crippen LogP contribution in [0.4, 0.5) is 0 Å². The first-order chi connectivity index (χ1) is 19.3. The van der Waals surface area contributed by atoms with Crippen molar-refractivity contribution in [2.24, 2.45) is 5.92 Å². The predicted molar refractivity (Wildman–Crippen MR) is 165 cm³/mol. The van der Waals surface area contributed by atoms with Crippen molar-refractivity contribution in [3.8, 4) is 22.5 Å². The molecule has 0 saturated carbocycles. The number of aromatic nitrogens is 2. The summed E-state index contributed by atoms with van der Waals surface area (Å²) in [5, 5.41) is 3.91. The minimum absolute atomic E-state index is 0.549. The van der Waals surface area contributed by atoms with E-state index in [2.05, 4.69) is 150 Å². The summed E-state index contributed by atoms with van der Waals surface area (Å²) in [6.45, 7) is 2.30. The summed E-state index contributed by atoms with van der Waals surface area (Å²) in [6.07, 6.45) is 5.72. The average molecular weight is 501 g/mol. The molecule has 7 aromatic rings. The van der Waals surface area contributed by atoms with Crippen LogP contribution in [-0.2, 0) is 6.42 Å². The van der Waals surface area contributed by atoms with Gasteiger partial charge in [0, 0.05) is 38.8 Å². The molecule has 2 aromatic heterocycles. The van der Waals surface area contributed by atoms with Crippen LogP contribution in [0.25, 0.3) is 61.3 Å². The molecular formula is C37H28N2. The van der Waals surface area contributed by atoms with Crippen LogP contribution >= 0.6 is 0 Å². The van der Waals surface area contributed by atoms with Crippen LogP contribution in [0, 0.1) is 5.92 Å². The van der Waals surface area contributed by atoms with E-state index >= 15 is 0 Å². The van der Waals surface area contributed by atoms with E-state index in [0.29, 0.717) is 5.92 Å². The van der Waals surface area contributed by atoms with Crippen LogP contribution in [0.3, 0.4) is 0 Å². The third-order valence-corrected chi connectivity index (χ3v) is 8.29. The molecule has 8 rings (SSSR count). The molecule has 0 radical (unpaired) electrons. The Labute approximate surface area is 228 Å². The van der Waals surface area contributed by atoms with Crippen molar-refractivity contribution in [2.45, 2.75) is 13.3 Å². The summed E-state index contributed by atoms with van der Waals surface area (Å²) in [4.78, 5) is 0. The second-order valence-electron chi connectivity index (χ2n) is 10.7. The van der Waals surface area contributed by atoms with E-state index < -0.39 is 0 Å². The van der Waals surface area contributed by atoms with Crippen molar-refractivity contribution in [1.82, 2.24) is 9.13 Å². The molecule has 0 saturated heterocycles. The number of para-hydroxylation sites is 3. The minimum atomic E-state index is 0.549.